The first kappa shape index (κ1) is 28.8. The molecule has 4 aromatic rings. The molecule has 0 radical (unpaired) electrons. The fourth-order valence-electron chi connectivity index (χ4n) is 4.87. The zero-order chi connectivity index (χ0) is 29.9. The van der Waals surface area contributed by atoms with Gasteiger partial charge in [-0.2, -0.15) is 0 Å². The number of fused-ring (bicyclic) bond motifs is 1. The summed E-state index contributed by atoms with van der Waals surface area (Å²) in [5.74, 6) is 0.340. The van der Waals surface area contributed by atoms with Gasteiger partial charge in [-0.25, -0.2) is 0 Å². The Balaban J connectivity index is 1.39. The molecule has 1 saturated heterocycles. The number of nitrogens with zero attached hydrogens (tertiary/aromatic N) is 3. The quantitative estimate of drug-likeness (QED) is 0.0760. The van der Waals surface area contributed by atoms with Gasteiger partial charge in [0.2, 0.25) is 5.13 Å². The van der Waals surface area contributed by atoms with Gasteiger partial charge in [0.1, 0.15) is 24.7 Å². The minimum absolute atomic E-state index is 0.0571. The average Bonchev–Trinajstić information content (AvgIpc) is 3.61. The molecule has 1 fully saturated rings. The third-order valence-corrected chi connectivity index (χ3v) is 9.12. The summed E-state index contributed by atoms with van der Waals surface area (Å²) in [6.07, 6.45) is 0.820. The zero-order valence-electron chi connectivity index (χ0n) is 23.6. The Kier molecular flexibility index (Phi) is 8.35. The van der Waals surface area contributed by atoms with Crippen LogP contribution in [0.15, 0.2) is 76.6 Å². The van der Waals surface area contributed by atoms with Crippen LogP contribution >= 0.6 is 23.1 Å². The first-order chi connectivity index (χ1) is 20.9. The molecule has 2 aliphatic heterocycles. The monoisotopic (exact) mass is 615 g/mol. The molecule has 3 aromatic carbocycles. The second-order valence-corrected chi connectivity index (χ2v) is 12.3. The van der Waals surface area contributed by atoms with E-state index in [1.54, 1.807) is 36.4 Å². The standard InChI is InChI=1S/C32H29N3O6S2/c1-3-13-39-23-6-4-5-21(16-23)27-26(28(36)22-11-12-24-25(17-22)41-15-14-40-24)29(37)30(38)35(27)31-33-34-32(43-31)42-18-20-9-7-19(2)8-10-20/h4-12,16-17,27,36H,3,13-15,18H2,1-2H3/t27-/m1/s1. The number of amides is 1. The predicted molar refractivity (Wildman–Crippen MR) is 165 cm³/mol. The average molecular weight is 616 g/mol. The van der Waals surface area contributed by atoms with Gasteiger partial charge in [0.25, 0.3) is 5.78 Å². The van der Waals surface area contributed by atoms with E-state index in [1.165, 1.54) is 33.6 Å². The van der Waals surface area contributed by atoms with Crippen LogP contribution in [0.2, 0.25) is 0 Å². The maximum absolute atomic E-state index is 13.6. The Labute approximate surface area is 257 Å². The maximum Gasteiger partial charge on any atom is 0.301 e. The lowest BCUT2D eigenvalue weighted by Crippen LogP contribution is -2.29. The summed E-state index contributed by atoms with van der Waals surface area (Å²) in [6, 6.07) is 19.4. The first-order valence-electron chi connectivity index (χ1n) is 13.9. The van der Waals surface area contributed by atoms with Gasteiger partial charge < -0.3 is 19.3 Å². The third kappa shape index (κ3) is 5.95. The summed E-state index contributed by atoms with van der Waals surface area (Å²) in [6.45, 7) is 5.36. The smallest absolute Gasteiger partial charge is 0.301 e. The lowest BCUT2D eigenvalue weighted by Gasteiger charge is -2.23. The molecule has 9 nitrogen and oxygen atoms in total. The topological polar surface area (TPSA) is 111 Å². The molecule has 0 saturated carbocycles. The molecule has 1 atom stereocenters. The van der Waals surface area contributed by atoms with E-state index in [2.05, 4.69) is 34.5 Å². The van der Waals surface area contributed by atoms with Crippen LogP contribution in [-0.2, 0) is 15.3 Å². The molecule has 3 heterocycles. The lowest BCUT2D eigenvalue weighted by atomic mass is 9.95. The number of carbonyl (C=O) groups excluding carboxylic acids is 2. The van der Waals surface area contributed by atoms with Gasteiger partial charge in [-0.1, -0.05) is 72.0 Å². The highest BCUT2D eigenvalue weighted by Crippen LogP contribution is 2.45. The molecule has 1 aromatic heterocycles. The third-order valence-electron chi connectivity index (χ3n) is 6.99. The predicted octanol–water partition coefficient (Wildman–Crippen LogP) is 6.33. The number of ketones is 1. The molecule has 11 heteroatoms. The van der Waals surface area contributed by atoms with E-state index in [9.17, 15) is 14.7 Å². The van der Waals surface area contributed by atoms with E-state index < -0.39 is 17.7 Å². The molecule has 1 N–H and O–H groups in total. The van der Waals surface area contributed by atoms with E-state index in [1.807, 2.05) is 19.9 Å². The number of carbonyl (C=O) groups is 2. The van der Waals surface area contributed by atoms with Gasteiger partial charge in [0.15, 0.2) is 15.8 Å². The Bertz CT molecular complexity index is 1700. The van der Waals surface area contributed by atoms with Gasteiger partial charge in [0, 0.05) is 11.3 Å². The summed E-state index contributed by atoms with van der Waals surface area (Å²) in [5.41, 5.74) is 3.19. The van der Waals surface area contributed by atoms with Crippen molar-refractivity contribution in [1.29, 1.82) is 0 Å². The van der Waals surface area contributed by atoms with Crippen LogP contribution in [0.1, 0.15) is 41.6 Å². The summed E-state index contributed by atoms with van der Waals surface area (Å²) in [7, 11) is 0. The van der Waals surface area contributed by atoms with E-state index in [0.29, 0.717) is 58.3 Å². The second kappa shape index (κ2) is 12.5. The molecule has 43 heavy (non-hydrogen) atoms. The van der Waals surface area contributed by atoms with Crippen molar-refractivity contribution in [2.75, 3.05) is 24.7 Å². The highest BCUT2D eigenvalue weighted by Gasteiger charge is 2.48. The molecule has 0 spiro atoms. The largest absolute Gasteiger partial charge is 0.507 e. The molecule has 1 amide bonds. The molecular formula is C32H29N3O6S2. The molecule has 0 aliphatic carbocycles. The Hall–Kier alpha value is -4.35. The van der Waals surface area contributed by atoms with Crippen LogP contribution in [0.4, 0.5) is 5.13 Å². The SMILES string of the molecule is CCCOc1cccc([C@@H]2C(=C(O)c3ccc4c(c3)OCCO4)C(=O)C(=O)N2c2nnc(SCc3ccc(C)cc3)s2)c1. The fraction of sp³-hybridized carbons (Fsp3) is 0.250. The normalized spacial score (nSPS) is 17.3. The van der Waals surface area contributed by atoms with E-state index in [-0.39, 0.29) is 16.5 Å². The van der Waals surface area contributed by atoms with E-state index >= 15 is 0 Å². The van der Waals surface area contributed by atoms with Crippen molar-refractivity contribution in [1.82, 2.24) is 10.2 Å². The minimum atomic E-state index is -0.957. The highest BCUT2D eigenvalue weighted by atomic mass is 32.2. The highest BCUT2D eigenvalue weighted by molar-refractivity contribution is 8.00. The molecular weight excluding hydrogens is 587 g/mol. The van der Waals surface area contributed by atoms with E-state index in [4.69, 9.17) is 14.2 Å². The number of ether oxygens (including phenoxy) is 3. The number of thioether (sulfide) groups is 1. The van der Waals surface area contributed by atoms with Crippen LogP contribution < -0.4 is 19.1 Å². The van der Waals surface area contributed by atoms with Crippen molar-refractivity contribution >= 4 is 45.7 Å². The lowest BCUT2D eigenvalue weighted by molar-refractivity contribution is -0.132. The second-order valence-electron chi connectivity index (χ2n) is 10.1. The summed E-state index contributed by atoms with van der Waals surface area (Å²) < 4.78 is 17.8. The number of aryl methyl sites for hydroxylation is 1. The van der Waals surface area contributed by atoms with Gasteiger partial charge in [-0.3, -0.25) is 14.5 Å². The number of Topliss-reactive ketones (excluding diaryl/α,β-unsaturated/α-hetero) is 1. The van der Waals surface area contributed by atoms with Crippen LogP contribution in [0.3, 0.4) is 0 Å². The number of hydrogen-bond acceptors (Lipinski definition) is 10. The fourth-order valence-corrected chi connectivity index (χ4v) is 6.70. The van der Waals surface area contributed by atoms with Crippen molar-refractivity contribution < 1.29 is 28.9 Å². The van der Waals surface area contributed by atoms with Crippen molar-refractivity contribution in [2.24, 2.45) is 0 Å². The van der Waals surface area contributed by atoms with Crippen molar-refractivity contribution in [3.63, 3.8) is 0 Å². The number of anilines is 1. The van der Waals surface area contributed by atoms with Gasteiger partial charge in [-0.15, -0.1) is 10.2 Å². The number of aliphatic hydroxyl groups is 1. The van der Waals surface area contributed by atoms with Crippen molar-refractivity contribution in [3.05, 3.63) is 94.6 Å². The number of aliphatic hydroxyl groups excluding tert-OH is 1. The van der Waals surface area contributed by atoms with Gasteiger partial charge in [-0.05, 0) is 54.8 Å². The van der Waals surface area contributed by atoms with Crippen LogP contribution in [0.25, 0.3) is 5.76 Å². The summed E-state index contributed by atoms with van der Waals surface area (Å²) >= 11 is 2.73. The van der Waals surface area contributed by atoms with Crippen LogP contribution in [0.5, 0.6) is 17.2 Å². The number of rotatable bonds is 9. The molecule has 0 bridgehead atoms. The number of aromatic nitrogens is 2. The summed E-state index contributed by atoms with van der Waals surface area (Å²) in [5, 5.41) is 20.4. The Morgan fingerprint density at radius 2 is 1.84 bits per heavy atom. The van der Waals surface area contributed by atoms with Crippen LogP contribution in [-0.4, -0.2) is 46.8 Å². The minimum Gasteiger partial charge on any atom is -0.507 e. The number of benzene rings is 3. The molecule has 2 aliphatic rings. The Morgan fingerprint density at radius 1 is 1.05 bits per heavy atom. The maximum atomic E-state index is 13.6. The molecule has 220 valence electrons. The van der Waals surface area contributed by atoms with Crippen LogP contribution in [0, 0.1) is 6.92 Å². The van der Waals surface area contributed by atoms with Crippen molar-refractivity contribution in [2.45, 2.75) is 36.4 Å². The number of hydrogen-bond donors (Lipinski definition) is 1. The first-order valence-corrected chi connectivity index (χ1v) is 15.7. The zero-order valence-corrected chi connectivity index (χ0v) is 25.2. The van der Waals surface area contributed by atoms with Gasteiger partial charge in [0.05, 0.1) is 18.2 Å². The molecule has 6 rings (SSSR count). The van der Waals surface area contributed by atoms with Crippen molar-refractivity contribution in [3.8, 4) is 17.2 Å². The molecule has 0 unspecified atom stereocenters. The Morgan fingerprint density at radius 3 is 2.63 bits per heavy atom. The summed E-state index contributed by atoms with van der Waals surface area (Å²) in [4.78, 5) is 28.6. The van der Waals surface area contributed by atoms with Gasteiger partial charge >= 0.3 is 5.91 Å². The van der Waals surface area contributed by atoms with E-state index in [0.717, 1.165) is 12.0 Å².